The first-order valence-electron chi connectivity index (χ1n) is 3.93. The number of nitrogens with zero attached hydrogens (tertiary/aromatic N) is 3. The molecule has 0 aliphatic carbocycles. The molecule has 0 aromatic carbocycles. The Morgan fingerprint density at radius 2 is 1.93 bits per heavy atom. The van der Waals surface area contributed by atoms with Gasteiger partial charge in [0.2, 0.25) is 0 Å². The number of nitrogens with one attached hydrogen (secondary N) is 1. The highest BCUT2D eigenvalue weighted by Gasteiger charge is 1.83. The number of rotatable bonds is 0. The fraction of sp³-hybridized carbons (Fsp3) is 0. The van der Waals surface area contributed by atoms with Crippen molar-refractivity contribution in [1.82, 2.24) is 20.3 Å². The van der Waals surface area contributed by atoms with Gasteiger partial charge >= 0.3 is 0 Å². The molecule has 6 heteroatoms. The Labute approximate surface area is 81.9 Å². The van der Waals surface area contributed by atoms with Crippen molar-refractivity contribution in [3.8, 4) is 0 Å². The SMILES string of the molecule is NN1C=CNC=C1.Nc1cnccn1. The molecule has 0 unspecified atom stereocenters. The molecule has 0 radical (unpaired) electrons. The van der Waals surface area contributed by atoms with E-state index in [-0.39, 0.29) is 0 Å². The Kier molecular flexibility index (Phi) is 3.96. The summed E-state index contributed by atoms with van der Waals surface area (Å²) >= 11 is 0. The first-order valence-corrected chi connectivity index (χ1v) is 3.93. The number of hydrogen-bond acceptors (Lipinski definition) is 6. The molecular formula is C8H12N6. The molecule has 14 heavy (non-hydrogen) atoms. The summed E-state index contributed by atoms with van der Waals surface area (Å²) in [5, 5.41) is 4.30. The number of nitrogen functional groups attached to an aromatic ring is 1. The van der Waals surface area contributed by atoms with Gasteiger partial charge in [-0.3, -0.25) is 9.99 Å². The lowest BCUT2D eigenvalue weighted by atomic mass is 10.7. The average Bonchev–Trinajstić information content (AvgIpc) is 2.21. The van der Waals surface area contributed by atoms with Gasteiger partial charge in [0, 0.05) is 37.2 Å². The summed E-state index contributed by atoms with van der Waals surface area (Å²) in [6.07, 6.45) is 11.6. The summed E-state index contributed by atoms with van der Waals surface area (Å²) in [5.41, 5.74) is 5.18. The molecule has 6 nitrogen and oxygen atoms in total. The van der Waals surface area contributed by atoms with E-state index in [4.69, 9.17) is 11.6 Å². The number of hydrazine groups is 1. The molecule has 1 aromatic heterocycles. The van der Waals surface area contributed by atoms with Gasteiger partial charge in [-0.15, -0.1) is 0 Å². The molecule has 0 atom stereocenters. The molecule has 74 valence electrons. The lowest BCUT2D eigenvalue weighted by Crippen LogP contribution is -2.21. The van der Waals surface area contributed by atoms with Crippen LogP contribution in [0.1, 0.15) is 0 Å². The van der Waals surface area contributed by atoms with Crippen molar-refractivity contribution in [3.05, 3.63) is 43.4 Å². The van der Waals surface area contributed by atoms with Crippen molar-refractivity contribution in [2.24, 2.45) is 5.84 Å². The largest absolute Gasteiger partial charge is 0.382 e. The normalized spacial score (nSPS) is 12.8. The summed E-state index contributed by atoms with van der Waals surface area (Å²) in [6, 6.07) is 0. The van der Waals surface area contributed by atoms with E-state index in [0.717, 1.165) is 0 Å². The fourth-order valence-electron chi connectivity index (χ4n) is 0.674. The van der Waals surface area contributed by atoms with Crippen molar-refractivity contribution in [2.45, 2.75) is 0 Å². The van der Waals surface area contributed by atoms with E-state index in [2.05, 4.69) is 15.3 Å². The number of hydrogen-bond donors (Lipinski definition) is 3. The molecule has 0 bridgehead atoms. The van der Waals surface area contributed by atoms with Crippen LogP contribution in [0.15, 0.2) is 43.4 Å². The first-order chi connectivity index (χ1) is 6.79. The van der Waals surface area contributed by atoms with Crippen LogP contribution in [0.4, 0.5) is 5.82 Å². The van der Waals surface area contributed by atoms with E-state index in [1.165, 1.54) is 11.2 Å². The Hall–Kier alpha value is -2.08. The van der Waals surface area contributed by atoms with Crippen LogP contribution >= 0.6 is 0 Å². The van der Waals surface area contributed by atoms with Crippen LogP contribution < -0.4 is 16.9 Å². The number of aromatic nitrogens is 2. The maximum atomic E-state index is 5.25. The Morgan fingerprint density at radius 1 is 1.21 bits per heavy atom. The molecule has 1 aliphatic rings. The average molecular weight is 192 g/mol. The van der Waals surface area contributed by atoms with Crippen LogP contribution in [-0.4, -0.2) is 15.0 Å². The van der Waals surface area contributed by atoms with E-state index >= 15 is 0 Å². The Bertz CT molecular complexity index is 295. The molecule has 2 rings (SSSR count). The summed E-state index contributed by atoms with van der Waals surface area (Å²) in [4.78, 5) is 7.39. The number of nitrogens with two attached hydrogens (primary N) is 2. The van der Waals surface area contributed by atoms with E-state index in [1.807, 2.05) is 0 Å². The van der Waals surface area contributed by atoms with Gasteiger partial charge < -0.3 is 11.1 Å². The minimum atomic E-state index is 0.461. The minimum Gasteiger partial charge on any atom is -0.382 e. The lowest BCUT2D eigenvalue weighted by Gasteiger charge is -2.09. The maximum Gasteiger partial charge on any atom is 0.141 e. The predicted molar refractivity (Wildman–Crippen MR) is 53.9 cm³/mol. The van der Waals surface area contributed by atoms with E-state index < -0.39 is 0 Å². The highest BCUT2D eigenvalue weighted by atomic mass is 15.4. The Morgan fingerprint density at radius 3 is 2.21 bits per heavy atom. The summed E-state index contributed by atoms with van der Waals surface area (Å²) < 4.78 is 0. The number of anilines is 1. The third kappa shape index (κ3) is 4.07. The van der Waals surface area contributed by atoms with Crippen LogP contribution in [0.5, 0.6) is 0 Å². The second-order valence-corrected chi connectivity index (χ2v) is 2.38. The van der Waals surface area contributed by atoms with Crippen LogP contribution in [0.3, 0.4) is 0 Å². The van der Waals surface area contributed by atoms with E-state index in [9.17, 15) is 0 Å². The highest BCUT2D eigenvalue weighted by molar-refractivity contribution is 5.20. The van der Waals surface area contributed by atoms with Crippen molar-refractivity contribution in [2.75, 3.05) is 5.73 Å². The van der Waals surface area contributed by atoms with Crippen molar-refractivity contribution in [3.63, 3.8) is 0 Å². The molecule has 0 saturated carbocycles. The van der Waals surface area contributed by atoms with Crippen LogP contribution in [-0.2, 0) is 0 Å². The summed E-state index contributed by atoms with van der Waals surface area (Å²) in [6.45, 7) is 0. The van der Waals surface area contributed by atoms with Crippen LogP contribution in [0.2, 0.25) is 0 Å². The zero-order chi connectivity index (χ0) is 10.2. The molecule has 1 aliphatic heterocycles. The van der Waals surface area contributed by atoms with Gasteiger partial charge in [-0.25, -0.2) is 10.8 Å². The molecule has 5 N–H and O–H groups in total. The zero-order valence-corrected chi connectivity index (χ0v) is 7.54. The van der Waals surface area contributed by atoms with Crippen LogP contribution in [0, 0.1) is 0 Å². The summed E-state index contributed by atoms with van der Waals surface area (Å²) in [7, 11) is 0. The molecule has 2 heterocycles. The van der Waals surface area contributed by atoms with Crippen molar-refractivity contribution >= 4 is 5.82 Å². The van der Waals surface area contributed by atoms with E-state index in [0.29, 0.717) is 5.82 Å². The van der Waals surface area contributed by atoms with Crippen molar-refractivity contribution < 1.29 is 0 Å². The predicted octanol–water partition coefficient (Wildman–Crippen LogP) is -0.234. The molecule has 0 fully saturated rings. The smallest absolute Gasteiger partial charge is 0.141 e. The van der Waals surface area contributed by atoms with Gasteiger partial charge in [0.15, 0.2) is 0 Å². The van der Waals surface area contributed by atoms with Gasteiger partial charge in [0.1, 0.15) is 5.82 Å². The summed E-state index contributed by atoms with van der Waals surface area (Å²) in [5.74, 6) is 5.72. The second-order valence-electron chi connectivity index (χ2n) is 2.38. The second kappa shape index (κ2) is 5.55. The van der Waals surface area contributed by atoms with Crippen LogP contribution in [0.25, 0.3) is 0 Å². The third-order valence-electron chi connectivity index (χ3n) is 1.27. The maximum absolute atomic E-state index is 5.25. The van der Waals surface area contributed by atoms with Gasteiger partial charge in [-0.1, -0.05) is 0 Å². The molecule has 0 spiro atoms. The molecule has 0 amide bonds. The molecule has 0 saturated heterocycles. The van der Waals surface area contributed by atoms with Gasteiger partial charge in [0.05, 0.1) is 6.20 Å². The van der Waals surface area contributed by atoms with E-state index in [1.54, 1.807) is 37.2 Å². The minimum absolute atomic E-state index is 0.461. The standard InChI is InChI=1S/C4H7N3.C4H5N3/c5-7-3-1-6-2-4-7;5-4-3-6-1-2-7-4/h1-4,6H,5H2;1-3H,(H2,5,7). The van der Waals surface area contributed by atoms with Crippen molar-refractivity contribution in [1.29, 1.82) is 0 Å². The highest BCUT2D eigenvalue weighted by Crippen LogP contribution is 1.85. The quantitative estimate of drug-likeness (QED) is 0.491. The molecular weight excluding hydrogens is 180 g/mol. The topological polar surface area (TPSA) is 93.1 Å². The first kappa shape index (κ1) is 10.0. The Balaban J connectivity index is 0.000000140. The zero-order valence-electron chi connectivity index (χ0n) is 7.54. The third-order valence-corrected chi connectivity index (χ3v) is 1.27. The van der Waals surface area contributed by atoms with Gasteiger partial charge in [-0.2, -0.15) is 0 Å². The monoisotopic (exact) mass is 192 g/mol. The fourth-order valence-corrected chi connectivity index (χ4v) is 0.674. The lowest BCUT2D eigenvalue weighted by molar-refractivity contribution is 0.525. The van der Waals surface area contributed by atoms with Gasteiger partial charge in [-0.05, 0) is 0 Å². The molecule has 1 aromatic rings. The van der Waals surface area contributed by atoms with Gasteiger partial charge in [0.25, 0.3) is 0 Å².